The van der Waals surface area contributed by atoms with Crippen molar-refractivity contribution in [2.45, 2.75) is 0 Å². The van der Waals surface area contributed by atoms with Gasteiger partial charge in [-0.25, -0.2) is 9.97 Å². The van der Waals surface area contributed by atoms with Crippen LogP contribution < -0.4 is 4.74 Å². The van der Waals surface area contributed by atoms with Crippen LogP contribution in [0, 0.1) is 11.3 Å². The summed E-state index contributed by atoms with van der Waals surface area (Å²) < 4.78 is 5.26. The number of allylic oxidation sites excluding steroid dienone is 1. The van der Waals surface area contributed by atoms with Crippen molar-refractivity contribution in [2.24, 2.45) is 0 Å². The predicted molar refractivity (Wildman–Crippen MR) is 104 cm³/mol. The maximum absolute atomic E-state index is 9.54. The molecule has 0 aliphatic carbocycles. The first-order valence-corrected chi connectivity index (χ1v) is 8.81. The molecular weight excluding hydrogens is 344 g/mol. The normalized spacial score (nSPS) is 11.5. The van der Waals surface area contributed by atoms with Crippen LogP contribution >= 0.6 is 11.3 Å². The van der Waals surface area contributed by atoms with Gasteiger partial charge in [0.05, 0.1) is 29.4 Å². The summed E-state index contributed by atoms with van der Waals surface area (Å²) in [4.78, 5) is 12.3. The van der Waals surface area contributed by atoms with E-state index in [9.17, 15) is 5.26 Å². The van der Waals surface area contributed by atoms with Gasteiger partial charge in [-0.15, -0.1) is 11.3 Å². The number of thiazole rings is 1. The fourth-order valence-electron chi connectivity index (χ4n) is 2.62. The minimum Gasteiger partial charge on any atom is -0.497 e. The number of para-hydroxylation sites is 2. The van der Waals surface area contributed by atoms with Crippen molar-refractivity contribution >= 4 is 34.0 Å². The number of nitriles is 1. The minimum absolute atomic E-state index is 0.448. The summed E-state index contributed by atoms with van der Waals surface area (Å²) in [7, 11) is 1.64. The summed E-state index contributed by atoms with van der Waals surface area (Å²) in [5.41, 5.74) is 3.89. The molecule has 126 valence electrons. The summed E-state index contributed by atoms with van der Waals surface area (Å²) in [6.45, 7) is 0. The lowest BCUT2D eigenvalue weighted by molar-refractivity contribution is 0.415. The lowest BCUT2D eigenvalue weighted by Gasteiger charge is -2.00. The van der Waals surface area contributed by atoms with Gasteiger partial charge in [-0.05, 0) is 30.3 Å². The van der Waals surface area contributed by atoms with Crippen LogP contribution in [-0.2, 0) is 0 Å². The zero-order valence-corrected chi connectivity index (χ0v) is 14.7. The second-order valence-corrected chi connectivity index (χ2v) is 6.44. The maximum atomic E-state index is 9.54. The molecule has 0 aliphatic heterocycles. The maximum Gasteiger partial charge on any atom is 0.149 e. The molecule has 0 bridgehead atoms. The quantitative estimate of drug-likeness (QED) is 0.534. The zero-order chi connectivity index (χ0) is 17.9. The zero-order valence-electron chi connectivity index (χ0n) is 13.9. The second-order valence-electron chi connectivity index (χ2n) is 5.58. The molecule has 6 heteroatoms. The molecule has 4 aromatic rings. The number of aromatic nitrogens is 3. The number of nitrogens with zero attached hydrogens (tertiary/aromatic N) is 3. The third-order valence-corrected chi connectivity index (χ3v) is 4.81. The van der Waals surface area contributed by atoms with E-state index in [1.54, 1.807) is 13.2 Å². The van der Waals surface area contributed by atoms with Crippen LogP contribution in [0.3, 0.4) is 0 Å². The molecule has 2 aromatic carbocycles. The number of imidazole rings is 1. The van der Waals surface area contributed by atoms with Gasteiger partial charge in [0, 0.05) is 10.9 Å². The molecule has 2 heterocycles. The number of rotatable bonds is 4. The number of methoxy groups -OCH3 is 1. The molecule has 0 amide bonds. The fraction of sp³-hybridized carbons (Fsp3) is 0.0500. The first-order valence-electron chi connectivity index (χ1n) is 7.93. The highest BCUT2D eigenvalue weighted by Crippen LogP contribution is 2.28. The highest BCUT2D eigenvalue weighted by molar-refractivity contribution is 7.13. The molecule has 0 saturated carbocycles. The van der Waals surface area contributed by atoms with Crippen LogP contribution in [0.15, 0.2) is 53.9 Å². The fourth-order valence-corrected chi connectivity index (χ4v) is 3.40. The largest absolute Gasteiger partial charge is 0.497 e. The van der Waals surface area contributed by atoms with Crippen molar-refractivity contribution in [3.05, 3.63) is 65.4 Å². The van der Waals surface area contributed by atoms with Gasteiger partial charge in [0.1, 0.15) is 22.7 Å². The number of fused-ring (bicyclic) bond motifs is 1. The average Bonchev–Trinajstić information content (AvgIpc) is 3.33. The topological polar surface area (TPSA) is 74.6 Å². The molecule has 1 N–H and O–H groups in total. The Hall–Kier alpha value is -3.43. The molecule has 0 unspecified atom stereocenters. The van der Waals surface area contributed by atoms with Gasteiger partial charge < -0.3 is 9.72 Å². The van der Waals surface area contributed by atoms with Gasteiger partial charge in [0.25, 0.3) is 0 Å². The first kappa shape index (κ1) is 16.1. The van der Waals surface area contributed by atoms with Crippen LogP contribution in [-0.4, -0.2) is 22.1 Å². The third-order valence-electron chi connectivity index (χ3n) is 3.90. The Morgan fingerprint density at radius 3 is 2.88 bits per heavy atom. The standard InChI is InChI=1S/C20H14N4OS/c1-25-16-6-4-5-13(10-16)20-22-15(12-26-20)9-14(11-21)19-23-17-7-2-3-8-18(17)24-19/h2-10,12H,1H3,(H,23,24)/b14-9-. The van der Waals surface area contributed by atoms with Crippen molar-refractivity contribution in [1.82, 2.24) is 15.0 Å². The van der Waals surface area contributed by atoms with Crippen molar-refractivity contribution in [3.8, 4) is 22.4 Å². The lowest BCUT2D eigenvalue weighted by Crippen LogP contribution is -1.86. The average molecular weight is 358 g/mol. The van der Waals surface area contributed by atoms with Gasteiger partial charge in [-0.1, -0.05) is 24.3 Å². The van der Waals surface area contributed by atoms with Crippen LogP contribution in [0.2, 0.25) is 0 Å². The molecule has 26 heavy (non-hydrogen) atoms. The Balaban J connectivity index is 1.68. The highest BCUT2D eigenvalue weighted by atomic mass is 32.1. The highest BCUT2D eigenvalue weighted by Gasteiger charge is 2.10. The van der Waals surface area contributed by atoms with E-state index in [-0.39, 0.29) is 0 Å². The molecule has 0 saturated heterocycles. The SMILES string of the molecule is COc1cccc(-c2nc(/C=C(/C#N)c3nc4ccccc4[nH]3)cs2)c1. The Morgan fingerprint density at radius 1 is 1.19 bits per heavy atom. The predicted octanol–water partition coefficient (Wildman–Crippen LogP) is 4.76. The van der Waals surface area contributed by atoms with Crippen molar-refractivity contribution < 1.29 is 4.74 Å². The Labute approximate surface area is 154 Å². The minimum atomic E-state index is 0.448. The van der Waals surface area contributed by atoms with E-state index >= 15 is 0 Å². The number of hydrogen-bond acceptors (Lipinski definition) is 5. The van der Waals surface area contributed by atoms with Gasteiger partial charge in [0.2, 0.25) is 0 Å². The summed E-state index contributed by atoms with van der Waals surface area (Å²) >= 11 is 1.52. The van der Waals surface area contributed by atoms with E-state index in [2.05, 4.69) is 21.0 Å². The first-order chi connectivity index (χ1) is 12.8. The van der Waals surface area contributed by atoms with Crippen LogP contribution in [0.1, 0.15) is 11.5 Å². The summed E-state index contributed by atoms with van der Waals surface area (Å²) in [5.74, 6) is 1.33. The monoisotopic (exact) mass is 358 g/mol. The van der Waals surface area contributed by atoms with E-state index in [0.717, 1.165) is 33.0 Å². The smallest absolute Gasteiger partial charge is 0.149 e. The Bertz CT molecular complexity index is 1120. The molecule has 0 spiro atoms. The Morgan fingerprint density at radius 2 is 2.08 bits per heavy atom. The van der Waals surface area contributed by atoms with Crippen molar-refractivity contribution in [2.75, 3.05) is 7.11 Å². The van der Waals surface area contributed by atoms with Crippen LogP contribution in [0.25, 0.3) is 33.3 Å². The van der Waals surface area contributed by atoms with Gasteiger partial charge in [-0.2, -0.15) is 5.26 Å². The van der Waals surface area contributed by atoms with Gasteiger partial charge in [-0.3, -0.25) is 0 Å². The third kappa shape index (κ3) is 3.08. The molecule has 4 rings (SSSR count). The second kappa shape index (κ2) is 6.82. The van der Waals surface area contributed by atoms with E-state index < -0.39 is 0 Å². The van der Waals surface area contributed by atoms with E-state index in [1.165, 1.54) is 11.3 Å². The summed E-state index contributed by atoms with van der Waals surface area (Å²) in [6.07, 6.45) is 1.75. The van der Waals surface area contributed by atoms with Crippen LogP contribution in [0.5, 0.6) is 5.75 Å². The number of ether oxygens (including phenoxy) is 1. The van der Waals surface area contributed by atoms with Crippen molar-refractivity contribution in [3.63, 3.8) is 0 Å². The summed E-state index contributed by atoms with van der Waals surface area (Å²) in [5, 5.41) is 12.3. The number of nitrogens with one attached hydrogen (secondary N) is 1. The summed E-state index contributed by atoms with van der Waals surface area (Å²) in [6, 6.07) is 17.7. The van der Waals surface area contributed by atoms with Gasteiger partial charge in [0.15, 0.2) is 0 Å². The van der Waals surface area contributed by atoms with E-state index in [4.69, 9.17) is 4.74 Å². The lowest BCUT2D eigenvalue weighted by atomic mass is 10.2. The number of H-pyrrole nitrogens is 1. The van der Waals surface area contributed by atoms with Crippen LogP contribution in [0.4, 0.5) is 0 Å². The van der Waals surface area contributed by atoms with Crippen molar-refractivity contribution in [1.29, 1.82) is 5.26 Å². The molecular formula is C20H14N4OS. The molecule has 0 radical (unpaired) electrons. The van der Waals surface area contributed by atoms with E-state index in [1.807, 2.05) is 53.9 Å². The number of benzene rings is 2. The van der Waals surface area contributed by atoms with Gasteiger partial charge >= 0.3 is 0 Å². The number of hydrogen-bond donors (Lipinski definition) is 1. The molecule has 5 nitrogen and oxygen atoms in total. The number of aromatic amines is 1. The molecule has 2 aromatic heterocycles. The van der Waals surface area contributed by atoms with E-state index in [0.29, 0.717) is 11.4 Å². The molecule has 0 atom stereocenters. The molecule has 0 aliphatic rings. The Kier molecular flexibility index (Phi) is 4.22. The molecule has 0 fully saturated rings.